The molecule has 2 aromatic rings. The minimum atomic E-state index is -0.345. The molecule has 1 aromatic heterocycles. The van der Waals surface area contributed by atoms with Gasteiger partial charge in [-0.1, -0.05) is 25.1 Å². The van der Waals surface area contributed by atoms with Gasteiger partial charge in [-0.25, -0.2) is 9.37 Å². The molecular weight excluding hydrogens is 243 g/mol. The van der Waals surface area contributed by atoms with E-state index in [2.05, 4.69) is 10.3 Å². The Labute approximate surface area is 112 Å². The normalized spacial score (nSPS) is 10.5. The van der Waals surface area contributed by atoms with Gasteiger partial charge in [0.2, 0.25) is 5.88 Å². The molecule has 0 spiro atoms. The van der Waals surface area contributed by atoms with Crippen LogP contribution < -0.4 is 10.1 Å². The number of benzene rings is 1. The summed E-state index contributed by atoms with van der Waals surface area (Å²) in [5.74, 6) is 0.298. The summed E-state index contributed by atoms with van der Waals surface area (Å²) in [4.78, 5) is 4.17. The summed E-state index contributed by atoms with van der Waals surface area (Å²) in [5, 5.41) is 3.20. The minimum Gasteiger partial charge on any atom is -0.436 e. The molecule has 1 heterocycles. The average Bonchev–Trinajstić information content (AvgIpc) is 2.43. The second-order valence-corrected chi connectivity index (χ2v) is 4.24. The Hall–Kier alpha value is -1.94. The van der Waals surface area contributed by atoms with Crippen LogP contribution in [0.4, 0.5) is 4.39 Å². The third-order valence-electron chi connectivity index (χ3n) is 2.78. The minimum absolute atomic E-state index is 0.205. The van der Waals surface area contributed by atoms with E-state index in [-0.39, 0.29) is 11.6 Å². The Morgan fingerprint density at radius 1 is 1.26 bits per heavy atom. The van der Waals surface area contributed by atoms with Gasteiger partial charge in [-0.05, 0) is 31.2 Å². The summed E-state index contributed by atoms with van der Waals surface area (Å²) in [5.41, 5.74) is 1.46. The first-order chi connectivity index (χ1) is 9.22. The maximum absolute atomic E-state index is 13.9. The van der Waals surface area contributed by atoms with E-state index in [0.29, 0.717) is 18.0 Å². The maximum atomic E-state index is 13.9. The first-order valence-electron chi connectivity index (χ1n) is 6.30. The van der Waals surface area contributed by atoms with Gasteiger partial charge in [0.05, 0.1) is 0 Å². The van der Waals surface area contributed by atoms with E-state index in [4.69, 9.17) is 4.74 Å². The molecule has 0 fully saturated rings. The lowest BCUT2D eigenvalue weighted by atomic mass is 10.2. The molecule has 0 unspecified atom stereocenters. The van der Waals surface area contributed by atoms with Crippen LogP contribution in [0.2, 0.25) is 0 Å². The summed E-state index contributed by atoms with van der Waals surface area (Å²) >= 11 is 0. The van der Waals surface area contributed by atoms with Crippen LogP contribution in [0.1, 0.15) is 18.1 Å². The largest absolute Gasteiger partial charge is 0.436 e. The summed E-state index contributed by atoms with van der Waals surface area (Å²) in [6, 6.07) is 8.83. The van der Waals surface area contributed by atoms with E-state index in [9.17, 15) is 4.39 Å². The number of nitrogens with zero attached hydrogens (tertiary/aromatic N) is 1. The Bertz CT molecular complexity index is 558. The van der Waals surface area contributed by atoms with Crippen molar-refractivity contribution in [3.63, 3.8) is 0 Å². The zero-order valence-electron chi connectivity index (χ0n) is 11.1. The zero-order valence-corrected chi connectivity index (χ0v) is 11.1. The molecule has 0 atom stereocenters. The number of halogens is 1. The fourth-order valence-electron chi connectivity index (χ4n) is 1.71. The average molecular weight is 260 g/mol. The first-order valence-corrected chi connectivity index (χ1v) is 6.30. The van der Waals surface area contributed by atoms with Crippen molar-refractivity contribution in [2.45, 2.75) is 20.4 Å². The number of nitrogens with one attached hydrogen (secondary N) is 1. The molecule has 0 aliphatic rings. The molecule has 0 saturated heterocycles. The van der Waals surface area contributed by atoms with Crippen LogP contribution in [0.15, 0.2) is 36.5 Å². The Balaban J connectivity index is 2.25. The zero-order chi connectivity index (χ0) is 13.7. The quantitative estimate of drug-likeness (QED) is 0.894. The number of aromatic nitrogens is 1. The monoisotopic (exact) mass is 260 g/mol. The van der Waals surface area contributed by atoms with Gasteiger partial charge in [0.25, 0.3) is 0 Å². The molecule has 0 aliphatic carbocycles. The molecule has 0 saturated carbocycles. The molecule has 3 nitrogen and oxygen atoms in total. The predicted octanol–water partition coefficient (Wildman–Crippen LogP) is 3.43. The number of hydrogen-bond acceptors (Lipinski definition) is 3. The Morgan fingerprint density at radius 3 is 2.89 bits per heavy atom. The number of aryl methyl sites for hydroxylation is 1. The Morgan fingerprint density at radius 2 is 2.11 bits per heavy atom. The first kappa shape index (κ1) is 13.5. The molecule has 0 amide bonds. The second-order valence-electron chi connectivity index (χ2n) is 4.24. The molecular formula is C15H17FN2O. The van der Waals surface area contributed by atoms with Crippen molar-refractivity contribution < 1.29 is 9.13 Å². The molecule has 4 heteroatoms. The van der Waals surface area contributed by atoms with E-state index < -0.39 is 0 Å². The molecule has 1 aromatic carbocycles. The van der Waals surface area contributed by atoms with Crippen molar-refractivity contribution in [2.24, 2.45) is 0 Å². The van der Waals surface area contributed by atoms with Gasteiger partial charge >= 0.3 is 0 Å². The predicted molar refractivity (Wildman–Crippen MR) is 72.8 cm³/mol. The van der Waals surface area contributed by atoms with E-state index in [1.54, 1.807) is 31.3 Å². The van der Waals surface area contributed by atoms with Gasteiger partial charge in [0.15, 0.2) is 11.6 Å². The third-order valence-corrected chi connectivity index (χ3v) is 2.78. The van der Waals surface area contributed by atoms with E-state index in [1.807, 2.05) is 19.1 Å². The van der Waals surface area contributed by atoms with Crippen molar-refractivity contribution >= 4 is 0 Å². The lowest BCUT2D eigenvalue weighted by molar-refractivity contribution is 0.419. The van der Waals surface area contributed by atoms with Crippen molar-refractivity contribution in [3.05, 3.63) is 53.5 Å². The topological polar surface area (TPSA) is 34.2 Å². The molecule has 1 N–H and O–H groups in total. The standard InChI is InChI=1S/C15H17FN2O/c1-3-17-10-12-7-5-9-18-15(12)19-13-8-4-6-11(2)14(13)16/h4-9,17H,3,10H2,1-2H3. The summed E-state index contributed by atoms with van der Waals surface area (Å²) < 4.78 is 19.5. The molecule has 0 bridgehead atoms. The molecule has 19 heavy (non-hydrogen) atoms. The van der Waals surface area contributed by atoms with Gasteiger partial charge in [-0.2, -0.15) is 0 Å². The molecule has 100 valence electrons. The van der Waals surface area contributed by atoms with Crippen LogP contribution in [0, 0.1) is 12.7 Å². The summed E-state index contributed by atoms with van der Waals surface area (Å²) in [7, 11) is 0. The van der Waals surface area contributed by atoms with E-state index in [1.165, 1.54) is 0 Å². The van der Waals surface area contributed by atoms with Crippen LogP contribution in [-0.4, -0.2) is 11.5 Å². The van der Waals surface area contributed by atoms with E-state index in [0.717, 1.165) is 12.1 Å². The number of ether oxygens (including phenoxy) is 1. The maximum Gasteiger partial charge on any atom is 0.223 e. The highest BCUT2D eigenvalue weighted by Gasteiger charge is 2.10. The van der Waals surface area contributed by atoms with Crippen LogP contribution in [-0.2, 0) is 6.54 Å². The summed E-state index contributed by atoms with van der Waals surface area (Å²) in [6.07, 6.45) is 1.64. The van der Waals surface area contributed by atoms with Crippen molar-refractivity contribution in [1.82, 2.24) is 10.3 Å². The van der Waals surface area contributed by atoms with Crippen molar-refractivity contribution in [2.75, 3.05) is 6.54 Å². The van der Waals surface area contributed by atoms with Gasteiger partial charge in [0, 0.05) is 18.3 Å². The molecule has 0 radical (unpaired) electrons. The van der Waals surface area contributed by atoms with Crippen LogP contribution in [0.3, 0.4) is 0 Å². The molecule has 2 rings (SSSR count). The van der Waals surface area contributed by atoms with E-state index >= 15 is 0 Å². The SMILES string of the molecule is CCNCc1cccnc1Oc1cccc(C)c1F. The van der Waals surface area contributed by atoms with Crippen molar-refractivity contribution in [3.8, 4) is 11.6 Å². The van der Waals surface area contributed by atoms with Gasteiger partial charge < -0.3 is 10.1 Å². The van der Waals surface area contributed by atoms with Crippen LogP contribution in [0.5, 0.6) is 11.6 Å². The molecule has 0 aliphatic heterocycles. The van der Waals surface area contributed by atoms with Gasteiger partial charge in [-0.15, -0.1) is 0 Å². The lowest BCUT2D eigenvalue weighted by Gasteiger charge is -2.11. The third kappa shape index (κ3) is 3.29. The fourth-order valence-corrected chi connectivity index (χ4v) is 1.71. The number of hydrogen-bond donors (Lipinski definition) is 1. The van der Waals surface area contributed by atoms with Crippen molar-refractivity contribution in [1.29, 1.82) is 0 Å². The second kappa shape index (κ2) is 6.29. The summed E-state index contributed by atoms with van der Waals surface area (Å²) in [6.45, 7) is 5.23. The van der Waals surface area contributed by atoms with Crippen LogP contribution in [0.25, 0.3) is 0 Å². The smallest absolute Gasteiger partial charge is 0.223 e. The fraction of sp³-hybridized carbons (Fsp3) is 0.267. The highest BCUT2D eigenvalue weighted by atomic mass is 19.1. The number of rotatable bonds is 5. The van der Waals surface area contributed by atoms with Crippen LogP contribution >= 0.6 is 0 Å². The highest BCUT2D eigenvalue weighted by molar-refractivity contribution is 5.35. The van der Waals surface area contributed by atoms with Gasteiger partial charge in [-0.3, -0.25) is 0 Å². The Kier molecular flexibility index (Phi) is 4.47. The number of pyridine rings is 1. The lowest BCUT2D eigenvalue weighted by Crippen LogP contribution is -2.12. The highest BCUT2D eigenvalue weighted by Crippen LogP contribution is 2.26. The van der Waals surface area contributed by atoms with Gasteiger partial charge in [0.1, 0.15) is 0 Å².